The second-order valence-corrected chi connectivity index (χ2v) is 6.72. The Bertz CT molecular complexity index is 891. The van der Waals surface area contributed by atoms with Crippen molar-refractivity contribution in [2.24, 2.45) is 0 Å². The second-order valence-electron chi connectivity index (χ2n) is 5.81. The molecule has 1 aromatic carbocycles. The van der Waals surface area contributed by atoms with Crippen LogP contribution in [0.5, 0.6) is 0 Å². The van der Waals surface area contributed by atoms with Gasteiger partial charge >= 0.3 is 0 Å². The average Bonchev–Trinajstić information content (AvgIpc) is 3.25. The summed E-state index contributed by atoms with van der Waals surface area (Å²) in [7, 11) is 0. The molecule has 0 saturated heterocycles. The molecule has 1 unspecified atom stereocenters. The van der Waals surface area contributed by atoms with Crippen molar-refractivity contribution in [1.29, 1.82) is 0 Å². The number of thiazole rings is 1. The summed E-state index contributed by atoms with van der Waals surface area (Å²) in [6.45, 7) is 2.52. The maximum absolute atomic E-state index is 12.0. The van der Waals surface area contributed by atoms with E-state index in [1.807, 2.05) is 34.6 Å². The summed E-state index contributed by atoms with van der Waals surface area (Å²) < 4.78 is 1.97. The molecule has 7 nitrogen and oxygen atoms in total. The molecule has 1 amide bonds. The van der Waals surface area contributed by atoms with E-state index in [9.17, 15) is 4.79 Å². The van der Waals surface area contributed by atoms with Gasteiger partial charge in [0.15, 0.2) is 5.82 Å². The standard InChI is InChI=1S/C17H16N4OS.CH2O2/c1-11-16-13(14-8-18-10-23-14)7-15(22)19-17(16)20-21(11)9-12-5-3-2-4-6-12;2-1-3/h2-6,8,10,13H,7,9H2,1H3,(H,19,20,22);1H,(H,2,3). The summed E-state index contributed by atoms with van der Waals surface area (Å²) >= 11 is 1.59. The molecule has 3 aromatic rings. The zero-order valence-corrected chi connectivity index (χ0v) is 14.9. The number of benzene rings is 1. The normalized spacial score (nSPS) is 15.4. The van der Waals surface area contributed by atoms with Crippen LogP contribution in [0, 0.1) is 6.92 Å². The predicted molar refractivity (Wildman–Crippen MR) is 98.4 cm³/mol. The van der Waals surface area contributed by atoms with Gasteiger partial charge in [-0.2, -0.15) is 5.10 Å². The summed E-state index contributed by atoms with van der Waals surface area (Å²) in [6, 6.07) is 10.2. The van der Waals surface area contributed by atoms with Crippen molar-refractivity contribution in [3.8, 4) is 0 Å². The number of amides is 1. The quantitative estimate of drug-likeness (QED) is 0.691. The molecule has 1 atom stereocenters. The zero-order valence-electron chi connectivity index (χ0n) is 14.1. The first-order valence-corrected chi connectivity index (χ1v) is 8.89. The average molecular weight is 370 g/mol. The maximum atomic E-state index is 12.0. The van der Waals surface area contributed by atoms with Crippen LogP contribution in [0.15, 0.2) is 42.0 Å². The topological polar surface area (TPSA) is 97.1 Å². The number of nitrogens with one attached hydrogen (secondary N) is 1. The molecule has 2 N–H and O–H groups in total. The van der Waals surface area contributed by atoms with E-state index in [0.29, 0.717) is 18.8 Å². The molecule has 0 aliphatic carbocycles. The smallest absolute Gasteiger partial charge is 0.290 e. The third kappa shape index (κ3) is 3.65. The number of nitrogens with zero attached hydrogens (tertiary/aromatic N) is 3. The van der Waals surface area contributed by atoms with Gasteiger partial charge in [0.1, 0.15) is 0 Å². The maximum Gasteiger partial charge on any atom is 0.290 e. The number of hydrogen-bond donors (Lipinski definition) is 2. The number of rotatable bonds is 3. The summed E-state index contributed by atoms with van der Waals surface area (Å²) in [5.41, 5.74) is 5.22. The highest BCUT2D eigenvalue weighted by molar-refractivity contribution is 7.09. The van der Waals surface area contributed by atoms with E-state index in [1.165, 1.54) is 5.56 Å². The molecule has 0 bridgehead atoms. The van der Waals surface area contributed by atoms with Gasteiger partial charge in [-0.3, -0.25) is 19.3 Å². The van der Waals surface area contributed by atoms with Crippen LogP contribution < -0.4 is 5.32 Å². The Hall–Kier alpha value is -3.00. The highest BCUT2D eigenvalue weighted by atomic mass is 32.1. The first-order valence-electron chi connectivity index (χ1n) is 8.01. The van der Waals surface area contributed by atoms with E-state index >= 15 is 0 Å². The number of fused-ring (bicyclic) bond motifs is 1. The van der Waals surface area contributed by atoms with Gasteiger partial charge in [0, 0.05) is 34.7 Å². The minimum atomic E-state index is -0.250. The lowest BCUT2D eigenvalue weighted by molar-refractivity contribution is -0.123. The summed E-state index contributed by atoms with van der Waals surface area (Å²) in [6.07, 6.45) is 2.30. The lowest BCUT2D eigenvalue weighted by Crippen LogP contribution is -2.23. The first-order chi connectivity index (χ1) is 12.6. The fourth-order valence-electron chi connectivity index (χ4n) is 3.09. The summed E-state index contributed by atoms with van der Waals surface area (Å²) in [5.74, 6) is 0.754. The molecular weight excluding hydrogens is 352 g/mol. The molecule has 0 spiro atoms. The largest absolute Gasteiger partial charge is 0.483 e. The molecule has 2 aromatic heterocycles. The lowest BCUT2D eigenvalue weighted by atomic mass is 9.91. The Morgan fingerprint density at radius 1 is 1.38 bits per heavy atom. The molecule has 26 heavy (non-hydrogen) atoms. The number of hydrogen-bond acceptors (Lipinski definition) is 5. The van der Waals surface area contributed by atoms with Gasteiger partial charge in [-0.15, -0.1) is 11.3 Å². The molecule has 0 saturated carbocycles. The van der Waals surface area contributed by atoms with E-state index in [-0.39, 0.29) is 18.3 Å². The van der Waals surface area contributed by atoms with E-state index in [1.54, 1.807) is 11.3 Å². The fourth-order valence-corrected chi connectivity index (χ4v) is 3.82. The van der Waals surface area contributed by atoms with Gasteiger partial charge in [0.25, 0.3) is 6.47 Å². The third-order valence-electron chi connectivity index (χ3n) is 4.22. The van der Waals surface area contributed by atoms with Crippen LogP contribution in [-0.2, 0) is 16.1 Å². The first kappa shape index (κ1) is 17.8. The highest BCUT2D eigenvalue weighted by Gasteiger charge is 2.32. The van der Waals surface area contributed by atoms with E-state index < -0.39 is 0 Å². The summed E-state index contributed by atoms with van der Waals surface area (Å²) in [4.78, 5) is 25.7. The van der Waals surface area contributed by atoms with E-state index in [4.69, 9.17) is 9.90 Å². The van der Waals surface area contributed by atoms with E-state index in [2.05, 4.69) is 34.5 Å². The van der Waals surface area contributed by atoms with Crippen molar-refractivity contribution in [2.75, 3.05) is 5.32 Å². The van der Waals surface area contributed by atoms with Crippen LogP contribution in [0.2, 0.25) is 0 Å². The lowest BCUT2D eigenvalue weighted by Gasteiger charge is -2.21. The molecule has 1 aliphatic rings. The van der Waals surface area contributed by atoms with Crippen molar-refractivity contribution in [3.05, 3.63) is 63.7 Å². The van der Waals surface area contributed by atoms with Gasteiger partial charge in [0.05, 0.1) is 12.1 Å². The number of carboxylic acid groups (broad SMARTS) is 1. The minimum Gasteiger partial charge on any atom is -0.483 e. The number of carbonyl (C=O) groups excluding carboxylic acids is 1. The SMILES string of the molecule is Cc1c2c(nn1Cc1ccccc1)NC(=O)CC2c1cncs1.O=CO. The summed E-state index contributed by atoms with van der Waals surface area (Å²) in [5, 5.41) is 14.4. The van der Waals surface area contributed by atoms with Gasteiger partial charge in [-0.1, -0.05) is 30.3 Å². The van der Waals surface area contributed by atoms with Gasteiger partial charge in [-0.05, 0) is 12.5 Å². The Labute approximate surface area is 154 Å². The van der Waals surface area contributed by atoms with Crippen LogP contribution in [0.25, 0.3) is 0 Å². The van der Waals surface area contributed by atoms with Crippen LogP contribution >= 0.6 is 11.3 Å². The van der Waals surface area contributed by atoms with Gasteiger partial charge in [-0.25, -0.2) is 0 Å². The minimum absolute atomic E-state index is 0.0141. The van der Waals surface area contributed by atoms with Crippen LogP contribution in [0.4, 0.5) is 5.82 Å². The molecule has 134 valence electrons. The Morgan fingerprint density at radius 3 is 2.77 bits per heavy atom. The second kappa shape index (κ2) is 7.92. The monoisotopic (exact) mass is 370 g/mol. The molecule has 8 heteroatoms. The molecule has 1 aliphatic heterocycles. The Kier molecular flexibility index (Phi) is 5.43. The molecule has 0 fully saturated rings. The molecule has 4 rings (SSSR count). The number of anilines is 1. The van der Waals surface area contributed by atoms with Crippen LogP contribution in [0.1, 0.15) is 34.0 Å². The van der Waals surface area contributed by atoms with Crippen LogP contribution in [-0.4, -0.2) is 32.3 Å². The number of carbonyl (C=O) groups is 2. The van der Waals surface area contributed by atoms with Crippen molar-refractivity contribution in [3.63, 3.8) is 0 Å². The van der Waals surface area contributed by atoms with Gasteiger partial charge in [0.2, 0.25) is 5.91 Å². The van der Waals surface area contributed by atoms with Crippen molar-refractivity contribution >= 4 is 29.5 Å². The Balaban J connectivity index is 0.000000613. The fraction of sp³-hybridized carbons (Fsp3) is 0.222. The van der Waals surface area contributed by atoms with Crippen molar-refractivity contribution < 1.29 is 14.7 Å². The zero-order chi connectivity index (χ0) is 18.5. The Morgan fingerprint density at radius 2 is 2.12 bits per heavy atom. The molecular formula is C18H18N4O3S. The third-order valence-corrected chi connectivity index (χ3v) is 5.11. The number of aromatic nitrogens is 3. The molecule has 3 heterocycles. The predicted octanol–water partition coefficient (Wildman–Crippen LogP) is 2.87. The molecule has 0 radical (unpaired) electrons. The van der Waals surface area contributed by atoms with Gasteiger partial charge < -0.3 is 10.4 Å². The van der Waals surface area contributed by atoms with Crippen molar-refractivity contribution in [2.45, 2.75) is 25.8 Å². The van der Waals surface area contributed by atoms with Crippen LogP contribution in [0.3, 0.4) is 0 Å². The van der Waals surface area contributed by atoms with E-state index in [0.717, 1.165) is 16.1 Å². The van der Waals surface area contributed by atoms with Crippen molar-refractivity contribution in [1.82, 2.24) is 14.8 Å². The highest BCUT2D eigenvalue weighted by Crippen LogP contribution is 2.40.